The lowest BCUT2D eigenvalue weighted by Gasteiger charge is -2.13. The van der Waals surface area contributed by atoms with E-state index in [-0.39, 0.29) is 0 Å². The number of urea groups is 1. The molecule has 0 fully saturated rings. The van der Waals surface area contributed by atoms with Crippen LogP contribution in [0.4, 0.5) is 23.7 Å². The number of carboxylic acids is 1. The van der Waals surface area contributed by atoms with Gasteiger partial charge in [-0.3, -0.25) is 4.79 Å². The first-order valence-corrected chi connectivity index (χ1v) is 5.44. The van der Waals surface area contributed by atoms with Crippen LogP contribution in [0.25, 0.3) is 0 Å². The molecule has 0 bridgehead atoms. The normalized spacial score (nSPS) is 11.6. The molecule has 0 aliphatic rings. The molecule has 0 aliphatic heterocycles. The number of rotatable bonds is 5. The van der Waals surface area contributed by atoms with Crippen molar-refractivity contribution < 1.29 is 32.7 Å². The van der Waals surface area contributed by atoms with E-state index in [2.05, 4.69) is 0 Å². The SMILES string of the molecule is NC(=O)C[C@@H](NC(=O)Nc1cc(F)c(F)c(F)c1)C(=O)O. The van der Waals surface area contributed by atoms with Crippen LogP contribution in [0.5, 0.6) is 0 Å². The number of aliphatic carboxylic acids is 1. The number of nitrogens with one attached hydrogen (secondary N) is 2. The first-order valence-electron chi connectivity index (χ1n) is 5.44. The summed E-state index contributed by atoms with van der Waals surface area (Å²) < 4.78 is 38.5. The maximum Gasteiger partial charge on any atom is 0.326 e. The molecule has 0 heterocycles. The van der Waals surface area contributed by atoms with Crippen LogP contribution in [0.1, 0.15) is 6.42 Å². The average Bonchev–Trinajstić information content (AvgIpc) is 2.34. The van der Waals surface area contributed by atoms with Crippen LogP contribution in [0.15, 0.2) is 12.1 Å². The lowest BCUT2D eigenvalue weighted by Crippen LogP contribution is -2.45. The van der Waals surface area contributed by atoms with Gasteiger partial charge in [0.15, 0.2) is 17.5 Å². The highest BCUT2D eigenvalue weighted by molar-refractivity contribution is 5.93. The first-order chi connectivity index (χ1) is 9.70. The maximum absolute atomic E-state index is 12.9. The Hall–Kier alpha value is -2.78. The van der Waals surface area contributed by atoms with Crippen LogP contribution in [0, 0.1) is 17.5 Å². The summed E-state index contributed by atoms with van der Waals surface area (Å²) in [6, 6.07) is -1.77. The minimum Gasteiger partial charge on any atom is -0.480 e. The van der Waals surface area contributed by atoms with Crippen LogP contribution >= 0.6 is 0 Å². The molecule has 7 nitrogen and oxygen atoms in total. The molecule has 0 saturated heterocycles. The Morgan fingerprint density at radius 1 is 1.19 bits per heavy atom. The monoisotopic (exact) mass is 305 g/mol. The first kappa shape index (κ1) is 16.3. The zero-order valence-corrected chi connectivity index (χ0v) is 10.3. The van der Waals surface area contributed by atoms with E-state index in [9.17, 15) is 27.6 Å². The number of amides is 3. The minimum atomic E-state index is -1.71. The van der Waals surface area contributed by atoms with Gasteiger partial charge in [-0.05, 0) is 0 Å². The van der Waals surface area contributed by atoms with Gasteiger partial charge >= 0.3 is 12.0 Å². The molecule has 1 rings (SSSR count). The van der Waals surface area contributed by atoms with Gasteiger partial charge < -0.3 is 21.5 Å². The second kappa shape index (κ2) is 6.59. The van der Waals surface area contributed by atoms with Crippen molar-refractivity contribution in [3.8, 4) is 0 Å². The molecule has 0 aromatic heterocycles. The van der Waals surface area contributed by atoms with E-state index >= 15 is 0 Å². The highest BCUT2D eigenvalue weighted by Crippen LogP contribution is 2.17. The second-order valence-electron chi connectivity index (χ2n) is 3.91. The molecular formula is C11H10F3N3O4. The Kier molecular flexibility index (Phi) is 5.11. The van der Waals surface area contributed by atoms with Gasteiger partial charge in [0.1, 0.15) is 6.04 Å². The van der Waals surface area contributed by atoms with Gasteiger partial charge in [-0.2, -0.15) is 0 Å². The molecule has 1 aromatic rings. The predicted octanol–water partition coefficient (Wildman–Crippen LogP) is 0.554. The molecule has 10 heteroatoms. The number of carboxylic acid groups (broad SMARTS) is 1. The van der Waals surface area contributed by atoms with Crippen molar-refractivity contribution in [3.05, 3.63) is 29.6 Å². The zero-order valence-electron chi connectivity index (χ0n) is 10.3. The van der Waals surface area contributed by atoms with Gasteiger partial charge in [0, 0.05) is 17.8 Å². The van der Waals surface area contributed by atoms with Crippen LogP contribution in [-0.2, 0) is 9.59 Å². The summed E-state index contributed by atoms with van der Waals surface area (Å²) in [5.41, 5.74) is 4.36. The van der Waals surface area contributed by atoms with Crippen LogP contribution in [0.2, 0.25) is 0 Å². The lowest BCUT2D eigenvalue weighted by molar-refractivity contribution is -0.140. The summed E-state index contributed by atoms with van der Waals surface area (Å²) in [6.45, 7) is 0. The molecule has 1 aromatic carbocycles. The van der Waals surface area contributed by atoms with E-state index in [4.69, 9.17) is 10.8 Å². The summed E-state index contributed by atoms with van der Waals surface area (Å²) in [5, 5.41) is 12.5. The van der Waals surface area contributed by atoms with Crippen molar-refractivity contribution in [2.75, 3.05) is 5.32 Å². The molecule has 0 saturated carbocycles. The van der Waals surface area contributed by atoms with Crippen molar-refractivity contribution in [3.63, 3.8) is 0 Å². The molecule has 0 aliphatic carbocycles. The number of nitrogens with two attached hydrogens (primary N) is 1. The molecular weight excluding hydrogens is 295 g/mol. The van der Waals surface area contributed by atoms with Crippen molar-refractivity contribution >= 4 is 23.6 Å². The third kappa shape index (κ3) is 4.67. The highest BCUT2D eigenvalue weighted by atomic mass is 19.2. The van der Waals surface area contributed by atoms with Gasteiger partial charge in [0.2, 0.25) is 5.91 Å². The number of halogens is 3. The summed E-state index contributed by atoms with van der Waals surface area (Å²) in [7, 11) is 0. The third-order valence-corrected chi connectivity index (χ3v) is 2.25. The van der Waals surface area contributed by atoms with Crippen molar-refractivity contribution in [1.82, 2.24) is 5.32 Å². The van der Waals surface area contributed by atoms with E-state index < -0.39 is 53.5 Å². The van der Waals surface area contributed by atoms with E-state index in [0.717, 1.165) is 0 Å². The van der Waals surface area contributed by atoms with Gasteiger partial charge in [-0.25, -0.2) is 22.8 Å². The summed E-state index contributed by atoms with van der Waals surface area (Å²) in [6.07, 6.45) is -0.672. The summed E-state index contributed by atoms with van der Waals surface area (Å²) in [5.74, 6) is -7.27. The average molecular weight is 305 g/mol. The lowest BCUT2D eigenvalue weighted by atomic mass is 10.2. The van der Waals surface area contributed by atoms with Gasteiger partial charge in [-0.15, -0.1) is 0 Å². The molecule has 1 atom stereocenters. The van der Waals surface area contributed by atoms with Crippen LogP contribution < -0.4 is 16.4 Å². The molecule has 0 unspecified atom stereocenters. The van der Waals surface area contributed by atoms with Crippen LogP contribution in [0.3, 0.4) is 0 Å². The van der Waals surface area contributed by atoms with Crippen LogP contribution in [-0.4, -0.2) is 29.1 Å². The Labute approximate surface area is 115 Å². The number of benzene rings is 1. The Morgan fingerprint density at radius 2 is 1.71 bits per heavy atom. The maximum atomic E-state index is 12.9. The number of carbonyl (C=O) groups excluding carboxylic acids is 2. The van der Waals surface area contributed by atoms with E-state index in [1.165, 1.54) is 0 Å². The standard InChI is InChI=1S/C11H10F3N3O4/c12-5-1-4(2-6(13)9(5)14)16-11(21)17-7(10(19)20)3-8(15)18/h1-2,7H,3H2,(H2,15,18)(H,19,20)(H2,16,17,21)/t7-/m1/s1. The number of hydrogen-bond donors (Lipinski definition) is 4. The molecule has 3 amide bonds. The number of hydrogen-bond acceptors (Lipinski definition) is 3. The fourth-order valence-corrected chi connectivity index (χ4v) is 1.35. The molecule has 0 spiro atoms. The number of primary amides is 1. The Morgan fingerprint density at radius 3 is 2.14 bits per heavy atom. The largest absolute Gasteiger partial charge is 0.480 e. The molecule has 21 heavy (non-hydrogen) atoms. The van der Waals surface area contributed by atoms with Crippen molar-refractivity contribution in [1.29, 1.82) is 0 Å². The third-order valence-electron chi connectivity index (χ3n) is 2.25. The number of anilines is 1. The summed E-state index contributed by atoms with van der Waals surface area (Å²) >= 11 is 0. The van der Waals surface area contributed by atoms with E-state index in [1.54, 1.807) is 0 Å². The smallest absolute Gasteiger partial charge is 0.326 e. The Bertz CT molecular complexity index is 571. The van der Waals surface area contributed by atoms with E-state index in [0.29, 0.717) is 12.1 Å². The Balaban J connectivity index is 2.76. The second-order valence-corrected chi connectivity index (χ2v) is 3.91. The zero-order chi connectivity index (χ0) is 16.2. The highest BCUT2D eigenvalue weighted by Gasteiger charge is 2.22. The predicted molar refractivity (Wildman–Crippen MR) is 63.7 cm³/mol. The van der Waals surface area contributed by atoms with Gasteiger partial charge in [0.25, 0.3) is 0 Å². The molecule has 0 radical (unpaired) electrons. The molecule has 5 N–H and O–H groups in total. The fraction of sp³-hybridized carbons (Fsp3) is 0.182. The fourth-order valence-electron chi connectivity index (χ4n) is 1.35. The number of carbonyl (C=O) groups is 3. The van der Waals surface area contributed by atoms with Crippen molar-refractivity contribution in [2.45, 2.75) is 12.5 Å². The van der Waals surface area contributed by atoms with Gasteiger partial charge in [-0.1, -0.05) is 0 Å². The minimum absolute atomic E-state index is 0.438. The molecule has 114 valence electrons. The van der Waals surface area contributed by atoms with Crippen molar-refractivity contribution in [2.24, 2.45) is 5.73 Å². The topological polar surface area (TPSA) is 122 Å². The van der Waals surface area contributed by atoms with E-state index in [1.807, 2.05) is 10.6 Å². The van der Waals surface area contributed by atoms with Gasteiger partial charge in [0.05, 0.1) is 6.42 Å². The summed E-state index contributed by atoms with van der Waals surface area (Å²) in [4.78, 5) is 32.8. The quantitative estimate of drug-likeness (QED) is 0.593.